The highest BCUT2D eigenvalue weighted by Crippen LogP contribution is 2.18. The van der Waals surface area contributed by atoms with Crippen LogP contribution in [0.15, 0.2) is 48.6 Å². The molecule has 0 aromatic heterocycles. The number of allylic oxidation sites excluding steroid dienone is 7. The maximum absolute atomic E-state index is 12.5. The van der Waals surface area contributed by atoms with Gasteiger partial charge in [0.15, 0.2) is 0 Å². The molecule has 0 bridgehead atoms. The van der Waals surface area contributed by atoms with Crippen molar-refractivity contribution in [3.63, 3.8) is 0 Å². The fourth-order valence-electron chi connectivity index (χ4n) is 9.92. The average Bonchev–Trinajstić information content (AvgIpc) is 3.36. The molecular weight excluding hydrogens is 855 g/mol. The van der Waals surface area contributed by atoms with Crippen LogP contribution >= 0.6 is 0 Å². The van der Waals surface area contributed by atoms with Gasteiger partial charge in [-0.25, -0.2) is 0 Å². The summed E-state index contributed by atoms with van der Waals surface area (Å²) in [5.74, 6) is -0.0718. The SMILES string of the molecule is CCCCCCCCCC/C=C\CCCCCCCCCCCCCCCCCCCCCCCCCC(=O)NC(CO)C(O)/C=C/CC/C=C/CC/C=C/CCCCCCCCCCCCCCC. The lowest BCUT2D eigenvalue weighted by molar-refractivity contribution is -0.123. The van der Waals surface area contributed by atoms with Crippen LogP contribution in [0.5, 0.6) is 0 Å². The van der Waals surface area contributed by atoms with Crippen LogP contribution in [0.1, 0.15) is 348 Å². The van der Waals surface area contributed by atoms with Gasteiger partial charge in [0, 0.05) is 6.42 Å². The van der Waals surface area contributed by atoms with Gasteiger partial charge in [0.05, 0.1) is 18.8 Å². The van der Waals surface area contributed by atoms with Gasteiger partial charge in [-0.15, -0.1) is 0 Å². The van der Waals surface area contributed by atoms with Crippen LogP contribution in [0.4, 0.5) is 0 Å². The second kappa shape index (κ2) is 61.6. The molecule has 4 nitrogen and oxygen atoms in total. The highest BCUT2D eigenvalue weighted by molar-refractivity contribution is 5.76. The summed E-state index contributed by atoms with van der Waals surface area (Å²) in [4.78, 5) is 12.5. The van der Waals surface area contributed by atoms with Crippen LogP contribution in [0.2, 0.25) is 0 Å². The normalized spacial score (nSPS) is 13.0. The van der Waals surface area contributed by atoms with E-state index in [4.69, 9.17) is 0 Å². The van der Waals surface area contributed by atoms with Crippen molar-refractivity contribution in [3.8, 4) is 0 Å². The summed E-state index contributed by atoms with van der Waals surface area (Å²) in [6, 6.07) is -0.646. The van der Waals surface area contributed by atoms with E-state index in [1.807, 2.05) is 6.08 Å². The second-order valence-corrected chi connectivity index (χ2v) is 21.8. The number of nitrogens with one attached hydrogen (secondary N) is 1. The summed E-state index contributed by atoms with van der Waals surface area (Å²) >= 11 is 0. The van der Waals surface area contributed by atoms with E-state index < -0.39 is 12.1 Å². The van der Waals surface area contributed by atoms with Crippen LogP contribution in [0, 0.1) is 0 Å². The zero-order valence-electron chi connectivity index (χ0n) is 47.6. The Morgan fingerprint density at radius 1 is 0.329 bits per heavy atom. The summed E-state index contributed by atoms with van der Waals surface area (Å²) in [7, 11) is 0. The van der Waals surface area contributed by atoms with Crippen molar-refractivity contribution in [3.05, 3.63) is 48.6 Å². The molecule has 0 spiro atoms. The number of aliphatic hydroxyl groups is 2. The van der Waals surface area contributed by atoms with Crippen LogP contribution in [-0.2, 0) is 4.79 Å². The van der Waals surface area contributed by atoms with Crippen LogP contribution in [0.3, 0.4) is 0 Å². The minimum absolute atomic E-state index is 0.0718. The van der Waals surface area contributed by atoms with Crippen molar-refractivity contribution in [1.29, 1.82) is 0 Å². The smallest absolute Gasteiger partial charge is 0.220 e. The number of rotatable bonds is 59. The summed E-state index contributed by atoms with van der Waals surface area (Å²) < 4.78 is 0. The lowest BCUT2D eigenvalue weighted by Gasteiger charge is -2.19. The van der Waals surface area contributed by atoms with Gasteiger partial charge in [0.25, 0.3) is 0 Å². The van der Waals surface area contributed by atoms with Crippen molar-refractivity contribution < 1.29 is 15.0 Å². The van der Waals surface area contributed by atoms with Gasteiger partial charge in [0.1, 0.15) is 0 Å². The summed E-state index contributed by atoms with van der Waals surface area (Å²) in [6.07, 6.45) is 86.0. The molecule has 0 rings (SSSR count). The van der Waals surface area contributed by atoms with Crippen molar-refractivity contribution in [2.75, 3.05) is 6.61 Å². The molecule has 0 heterocycles. The molecule has 0 aliphatic carbocycles. The fourth-order valence-corrected chi connectivity index (χ4v) is 9.92. The predicted octanol–water partition coefficient (Wildman–Crippen LogP) is 21.4. The van der Waals surface area contributed by atoms with Gasteiger partial charge in [0.2, 0.25) is 5.91 Å². The van der Waals surface area contributed by atoms with Crippen LogP contribution in [-0.4, -0.2) is 34.9 Å². The van der Waals surface area contributed by atoms with E-state index in [9.17, 15) is 15.0 Å². The zero-order chi connectivity index (χ0) is 50.6. The predicted molar refractivity (Wildman–Crippen MR) is 313 cm³/mol. The quantitative estimate of drug-likeness (QED) is 0.0420. The van der Waals surface area contributed by atoms with E-state index in [0.717, 1.165) is 38.5 Å². The molecule has 0 fully saturated rings. The van der Waals surface area contributed by atoms with E-state index in [0.29, 0.717) is 6.42 Å². The molecule has 0 aromatic rings. The first-order valence-corrected chi connectivity index (χ1v) is 31.9. The topological polar surface area (TPSA) is 69.6 Å². The molecule has 4 heteroatoms. The van der Waals surface area contributed by atoms with Gasteiger partial charge in [-0.05, 0) is 70.6 Å². The summed E-state index contributed by atoms with van der Waals surface area (Å²) in [5.41, 5.74) is 0. The molecule has 2 unspecified atom stereocenters. The number of amides is 1. The van der Waals surface area contributed by atoms with Crippen LogP contribution in [0.25, 0.3) is 0 Å². The van der Waals surface area contributed by atoms with Gasteiger partial charge >= 0.3 is 0 Å². The van der Waals surface area contributed by atoms with Crippen molar-refractivity contribution in [2.45, 2.75) is 360 Å². The Morgan fingerprint density at radius 2 is 0.557 bits per heavy atom. The molecule has 2 atom stereocenters. The third-order valence-electron chi connectivity index (χ3n) is 14.8. The van der Waals surface area contributed by atoms with Gasteiger partial charge in [-0.2, -0.15) is 0 Å². The highest BCUT2D eigenvalue weighted by Gasteiger charge is 2.18. The molecule has 1 amide bonds. The number of carbonyl (C=O) groups excluding carboxylic acids is 1. The number of hydrogen-bond acceptors (Lipinski definition) is 3. The van der Waals surface area contributed by atoms with Crippen molar-refractivity contribution in [2.24, 2.45) is 0 Å². The molecule has 0 aliphatic heterocycles. The summed E-state index contributed by atoms with van der Waals surface area (Å²) in [5, 5.41) is 23.2. The Bertz CT molecular complexity index is 1110. The number of unbranched alkanes of at least 4 members (excludes halogenated alkanes) is 46. The molecule has 412 valence electrons. The fraction of sp³-hybridized carbons (Fsp3) is 0.864. The van der Waals surface area contributed by atoms with Gasteiger partial charge < -0.3 is 15.5 Å². The minimum atomic E-state index is -0.871. The molecule has 70 heavy (non-hydrogen) atoms. The van der Waals surface area contributed by atoms with Gasteiger partial charge in [-0.3, -0.25) is 4.79 Å². The standard InChI is InChI=1S/C66H125NO3/c1-3-5-7-9-11-13-15-17-19-21-23-25-27-28-29-30-31-32-33-34-35-36-37-38-40-42-44-46-48-50-52-54-56-58-60-62-66(70)67-64(63-68)65(69)61-59-57-55-53-51-49-47-45-43-41-39-26-24-22-20-18-16-14-12-10-8-6-4-2/h21,23,43,45,51,53,59,61,64-65,68-69H,3-20,22,24-42,44,46-50,52,54-58,60,62-63H2,1-2H3,(H,67,70)/b23-21-,45-43+,53-51+,61-59+. The van der Waals surface area contributed by atoms with Crippen LogP contribution < -0.4 is 5.32 Å². The lowest BCUT2D eigenvalue weighted by atomic mass is 10.0. The van der Waals surface area contributed by atoms with E-state index in [-0.39, 0.29) is 12.5 Å². The first kappa shape index (κ1) is 68.4. The molecular formula is C66H125NO3. The molecule has 3 N–H and O–H groups in total. The Kier molecular flexibility index (Phi) is 60.2. The Labute approximate surface area is 439 Å². The average molecular weight is 981 g/mol. The third-order valence-corrected chi connectivity index (χ3v) is 14.8. The number of carbonyl (C=O) groups is 1. The Morgan fingerprint density at radius 3 is 0.829 bits per heavy atom. The maximum Gasteiger partial charge on any atom is 0.220 e. The second-order valence-electron chi connectivity index (χ2n) is 21.8. The maximum atomic E-state index is 12.5. The van der Waals surface area contributed by atoms with E-state index >= 15 is 0 Å². The minimum Gasteiger partial charge on any atom is -0.394 e. The largest absolute Gasteiger partial charge is 0.394 e. The highest BCUT2D eigenvalue weighted by atomic mass is 16.3. The van der Waals surface area contributed by atoms with E-state index in [1.54, 1.807) is 6.08 Å². The molecule has 0 aromatic carbocycles. The molecule has 0 aliphatic rings. The first-order chi connectivity index (χ1) is 34.7. The lowest BCUT2D eigenvalue weighted by Crippen LogP contribution is -2.45. The van der Waals surface area contributed by atoms with E-state index in [1.165, 1.54) is 289 Å². The van der Waals surface area contributed by atoms with Crippen molar-refractivity contribution >= 4 is 5.91 Å². The Balaban J connectivity index is 3.47. The molecule has 0 saturated carbocycles. The summed E-state index contributed by atoms with van der Waals surface area (Å²) in [6.45, 7) is 4.33. The Hall–Kier alpha value is -1.65. The molecule has 0 radical (unpaired) electrons. The number of hydrogen-bond donors (Lipinski definition) is 3. The monoisotopic (exact) mass is 980 g/mol. The van der Waals surface area contributed by atoms with Crippen molar-refractivity contribution in [1.82, 2.24) is 5.32 Å². The van der Waals surface area contributed by atoms with Gasteiger partial charge in [-0.1, -0.05) is 319 Å². The molecule has 0 saturated heterocycles. The number of aliphatic hydroxyl groups excluding tert-OH is 2. The zero-order valence-corrected chi connectivity index (χ0v) is 47.6. The third kappa shape index (κ3) is 57.3. The first-order valence-electron chi connectivity index (χ1n) is 31.9. The van der Waals surface area contributed by atoms with E-state index in [2.05, 4.69) is 55.6 Å².